The topological polar surface area (TPSA) is 36.9 Å². The van der Waals surface area contributed by atoms with Crippen LogP contribution in [0, 0.1) is 5.92 Å². The molecule has 4 heteroatoms. The predicted molar refractivity (Wildman–Crippen MR) is 103 cm³/mol. The summed E-state index contributed by atoms with van der Waals surface area (Å²) >= 11 is 0. The van der Waals surface area contributed by atoms with Crippen LogP contribution in [-0.2, 0) is 18.9 Å². The molecule has 0 aromatic heterocycles. The zero-order valence-corrected chi connectivity index (χ0v) is 16.0. The first-order valence-corrected chi connectivity index (χ1v) is 9.05. The van der Waals surface area contributed by atoms with E-state index in [0.29, 0.717) is 32.3 Å². The molecule has 0 heterocycles. The molecule has 2 unspecified atom stereocenters. The van der Waals surface area contributed by atoms with Gasteiger partial charge in [0, 0.05) is 20.1 Å². The van der Waals surface area contributed by atoms with Gasteiger partial charge in [0.05, 0.1) is 26.4 Å². The van der Waals surface area contributed by atoms with Crippen LogP contribution < -0.4 is 0 Å². The predicted octanol–water partition coefficient (Wildman–Crippen LogP) is 4.43. The Kier molecular flexibility index (Phi) is 9.35. The maximum absolute atomic E-state index is 5.84. The molecule has 0 radical (unpaired) electrons. The van der Waals surface area contributed by atoms with E-state index in [4.69, 9.17) is 18.9 Å². The SMILES string of the molecule is COC(COCC(C)COCC(OC)c1ccccc1)c1ccccc1. The van der Waals surface area contributed by atoms with Crippen LogP contribution >= 0.6 is 0 Å². The van der Waals surface area contributed by atoms with Crippen molar-refractivity contribution in [1.82, 2.24) is 0 Å². The summed E-state index contributed by atoms with van der Waals surface area (Å²) < 4.78 is 22.7. The number of ether oxygens (including phenoxy) is 4. The van der Waals surface area contributed by atoms with Gasteiger partial charge in [0.25, 0.3) is 0 Å². The van der Waals surface area contributed by atoms with Crippen LogP contribution in [0.1, 0.15) is 30.3 Å². The number of benzene rings is 2. The summed E-state index contributed by atoms with van der Waals surface area (Å²) in [4.78, 5) is 0. The maximum Gasteiger partial charge on any atom is 0.105 e. The van der Waals surface area contributed by atoms with Crippen LogP contribution in [0.5, 0.6) is 0 Å². The van der Waals surface area contributed by atoms with Crippen molar-refractivity contribution < 1.29 is 18.9 Å². The zero-order chi connectivity index (χ0) is 18.6. The summed E-state index contributed by atoms with van der Waals surface area (Å²) in [6.45, 7) is 4.46. The molecule has 0 aliphatic rings. The molecule has 0 bridgehead atoms. The highest BCUT2D eigenvalue weighted by atomic mass is 16.5. The first kappa shape index (κ1) is 20.6. The Morgan fingerprint density at radius 2 is 1.00 bits per heavy atom. The Morgan fingerprint density at radius 1 is 0.615 bits per heavy atom. The molecule has 26 heavy (non-hydrogen) atoms. The van der Waals surface area contributed by atoms with Gasteiger partial charge in [0.1, 0.15) is 12.2 Å². The Morgan fingerprint density at radius 3 is 1.35 bits per heavy atom. The molecular weight excluding hydrogens is 328 g/mol. The third kappa shape index (κ3) is 6.89. The largest absolute Gasteiger partial charge is 0.378 e. The molecule has 2 atom stereocenters. The highest BCUT2D eigenvalue weighted by Gasteiger charge is 2.13. The summed E-state index contributed by atoms with van der Waals surface area (Å²) in [7, 11) is 3.42. The second kappa shape index (κ2) is 11.8. The molecule has 2 aromatic rings. The monoisotopic (exact) mass is 358 g/mol. The molecule has 0 aliphatic carbocycles. The highest BCUT2D eigenvalue weighted by Crippen LogP contribution is 2.18. The quantitative estimate of drug-likeness (QED) is 0.562. The van der Waals surface area contributed by atoms with Crippen molar-refractivity contribution in [2.24, 2.45) is 5.92 Å². The number of rotatable bonds is 12. The van der Waals surface area contributed by atoms with Gasteiger partial charge in [-0.25, -0.2) is 0 Å². The Hall–Kier alpha value is -1.72. The summed E-state index contributed by atoms with van der Waals surface area (Å²) in [6.07, 6.45) is -0.0828. The lowest BCUT2D eigenvalue weighted by Gasteiger charge is -2.20. The molecule has 0 amide bonds. The van der Waals surface area contributed by atoms with E-state index < -0.39 is 0 Å². The Balaban J connectivity index is 1.66. The van der Waals surface area contributed by atoms with Gasteiger partial charge < -0.3 is 18.9 Å². The molecule has 142 valence electrons. The zero-order valence-electron chi connectivity index (χ0n) is 16.0. The maximum atomic E-state index is 5.84. The molecule has 0 spiro atoms. The number of methoxy groups -OCH3 is 2. The molecule has 0 fully saturated rings. The third-order valence-electron chi connectivity index (χ3n) is 4.25. The van der Waals surface area contributed by atoms with Crippen molar-refractivity contribution in [2.75, 3.05) is 40.6 Å². The summed E-state index contributed by atoms with van der Waals surface area (Å²) in [6, 6.07) is 20.3. The van der Waals surface area contributed by atoms with E-state index in [9.17, 15) is 0 Å². The van der Waals surface area contributed by atoms with Crippen LogP contribution in [0.15, 0.2) is 60.7 Å². The van der Waals surface area contributed by atoms with Crippen molar-refractivity contribution in [3.05, 3.63) is 71.8 Å². The average molecular weight is 358 g/mol. The molecule has 2 rings (SSSR count). The summed E-state index contributed by atoms with van der Waals surface area (Å²) in [5.41, 5.74) is 2.26. The smallest absolute Gasteiger partial charge is 0.105 e. The minimum absolute atomic E-state index is 0.0414. The fourth-order valence-corrected chi connectivity index (χ4v) is 2.74. The fraction of sp³-hybridized carbons (Fsp3) is 0.455. The minimum atomic E-state index is -0.0414. The van der Waals surface area contributed by atoms with E-state index in [0.717, 1.165) is 11.1 Å². The second-order valence-electron chi connectivity index (χ2n) is 6.45. The van der Waals surface area contributed by atoms with Crippen molar-refractivity contribution in [3.63, 3.8) is 0 Å². The third-order valence-corrected chi connectivity index (χ3v) is 4.25. The van der Waals surface area contributed by atoms with E-state index in [1.807, 2.05) is 36.4 Å². The average Bonchev–Trinajstić information content (AvgIpc) is 2.70. The van der Waals surface area contributed by atoms with Gasteiger partial charge in [0.2, 0.25) is 0 Å². The van der Waals surface area contributed by atoms with Gasteiger partial charge in [-0.05, 0) is 11.1 Å². The molecule has 2 aromatic carbocycles. The Bertz CT molecular complexity index is 534. The highest BCUT2D eigenvalue weighted by molar-refractivity contribution is 5.18. The van der Waals surface area contributed by atoms with E-state index in [-0.39, 0.29) is 12.2 Å². The second-order valence-corrected chi connectivity index (χ2v) is 6.45. The van der Waals surface area contributed by atoms with Gasteiger partial charge in [-0.1, -0.05) is 67.6 Å². The molecule has 0 saturated carbocycles. The van der Waals surface area contributed by atoms with E-state index in [1.165, 1.54) is 0 Å². The molecule has 0 saturated heterocycles. The summed E-state index contributed by atoms with van der Waals surface area (Å²) in [5, 5.41) is 0. The van der Waals surface area contributed by atoms with E-state index >= 15 is 0 Å². The lowest BCUT2D eigenvalue weighted by molar-refractivity contribution is -0.0317. The van der Waals surface area contributed by atoms with Crippen LogP contribution in [-0.4, -0.2) is 40.6 Å². The summed E-state index contributed by atoms with van der Waals surface area (Å²) in [5.74, 6) is 0.302. The molecule has 0 N–H and O–H groups in total. The van der Waals surface area contributed by atoms with Crippen molar-refractivity contribution in [3.8, 4) is 0 Å². The van der Waals surface area contributed by atoms with Crippen molar-refractivity contribution >= 4 is 0 Å². The molecule has 0 aliphatic heterocycles. The first-order chi connectivity index (χ1) is 12.7. The van der Waals surface area contributed by atoms with Crippen molar-refractivity contribution in [1.29, 1.82) is 0 Å². The van der Waals surface area contributed by atoms with E-state index in [2.05, 4.69) is 31.2 Å². The van der Waals surface area contributed by atoms with Gasteiger partial charge in [-0.15, -0.1) is 0 Å². The number of hydrogen-bond donors (Lipinski definition) is 0. The lowest BCUT2D eigenvalue weighted by Crippen LogP contribution is -2.19. The van der Waals surface area contributed by atoms with Crippen LogP contribution in [0.4, 0.5) is 0 Å². The normalized spacial score (nSPS) is 14.7. The molecule has 4 nitrogen and oxygen atoms in total. The van der Waals surface area contributed by atoms with Gasteiger partial charge >= 0.3 is 0 Å². The molecular formula is C22H30O4. The van der Waals surface area contributed by atoms with Crippen LogP contribution in [0.25, 0.3) is 0 Å². The first-order valence-electron chi connectivity index (χ1n) is 9.05. The van der Waals surface area contributed by atoms with Crippen LogP contribution in [0.3, 0.4) is 0 Å². The van der Waals surface area contributed by atoms with Gasteiger partial charge in [0.15, 0.2) is 0 Å². The Labute approximate surface area is 157 Å². The minimum Gasteiger partial charge on any atom is -0.378 e. The van der Waals surface area contributed by atoms with E-state index in [1.54, 1.807) is 14.2 Å². The standard InChI is InChI=1S/C22H30O4/c1-18(14-25-16-21(23-2)19-10-6-4-7-11-19)15-26-17-22(24-3)20-12-8-5-9-13-20/h4-13,18,21-22H,14-17H2,1-3H3. The van der Waals surface area contributed by atoms with Crippen LogP contribution in [0.2, 0.25) is 0 Å². The lowest BCUT2D eigenvalue weighted by atomic mass is 10.1. The van der Waals surface area contributed by atoms with Gasteiger partial charge in [-0.3, -0.25) is 0 Å². The van der Waals surface area contributed by atoms with Gasteiger partial charge in [-0.2, -0.15) is 0 Å². The number of hydrogen-bond acceptors (Lipinski definition) is 4. The van der Waals surface area contributed by atoms with Crippen molar-refractivity contribution in [2.45, 2.75) is 19.1 Å². The fourth-order valence-electron chi connectivity index (χ4n) is 2.74.